The Labute approximate surface area is 115 Å². The lowest BCUT2D eigenvalue weighted by atomic mass is 10.3. The highest BCUT2D eigenvalue weighted by Crippen LogP contribution is 2.38. The minimum atomic E-state index is -0.194. The molecule has 1 aliphatic rings. The summed E-state index contributed by atoms with van der Waals surface area (Å²) < 4.78 is 1.40. The highest BCUT2D eigenvalue weighted by Gasteiger charge is 2.25. The number of hydrogen-bond donors (Lipinski definition) is 1. The zero-order valence-electron chi connectivity index (χ0n) is 10.4. The zero-order chi connectivity index (χ0) is 13.4. The normalized spacial score (nSPS) is 14.4. The summed E-state index contributed by atoms with van der Waals surface area (Å²) in [5.74, 6) is 1.03. The molecular weight excluding hydrogens is 264 g/mol. The van der Waals surface area contributed by atoms with Gasteiger partial charge in [-0.2, -0.15) is 5.10 Å². The van der Waals surface area contributed by atoms with Gasteiger partial charge >= 0.3 is 0 Å². The lowest BCUT2D eigenvalue weighted by molar-refractivity contribution is 0.842. The Kier molecular flexibility index (Phi) is 2.98. The molecule has 0 amide bonds. The van der Waals surface area contributed by atoms with Crippen LogP contribution in [0.5, 0.6) is 0 Å². The number of halogens is 1. The van der Waals surface area contributed by atoms with Crippen LogP contribution >= 0.6 is 11.6 Å². The van der Waals surface area contributed by atoms with Crippen molar-refractivity contribution >= 4 is 17.3 Å². The third kappa shape index (κ3) is 2.33. The van der Waals surface area contributed by atoms with Crippen molar-refractivity contribution in [3.05, 3.63) is 45.5 Å². The van der Waals surface area contributed by atoms with Crippen molar-refractivity contribution in [3.8, 4) is 5.82 Å². The van der Waals surface area contributed by atoms with Crippen LogP contribution in [0.25, 0.3) is 5.82 Å². The molecule has 0 aromatic carbocycles. The van der Waals surface area contributed by atoms with Crippen molar-refractivity contribution in [2.45, 2.75) is 18.8 Å². The van der Waals surface area contributed by atoms with Crippen molar-refractivity contribution in [2.24, 2.45) is 0 Å². The van der Waals surface area contributed by atoms with Crippen LogP contribution in [0.1, 0.15) is 24.5 Å². The fourth-order valence-corrected chi connectivity index (χ4v) is 2.17. The molecule has 2 aromatic heterocycles. The Hall–Kier alpha value is -1.88. The Morgan fingerprint density at radius 3 is 2.74 bits per heavy atom. The third-order valence-corrected chi connectivity index (χ3v) is 3.37. The quantitative estimate of drug-likeness (QED) is 0.934. The fourth-order valence-electron chi connectivity index (χ4n) is 1.96. The molecule has 3 rings (SSSR count). The number of rotatable bonds is 3. The molecule has 0 bridgehead atoms. The molecule has 98 valence electrons. The lowest BCUT2D eigenvalue weighted by Gasteiger charge is -2.08. The van der Waals surface area contributed by atoms with Gasteiger partial charge in [0.05, 0.1) is 10.7 Å². The van der Waals surface area contributed by atoms with E-state index in [0.717, 1.165) is 5.69 Å². The summed E-state index contributed by atoms with van der Waals surface area (Å²) in [6, 6.07) is 5.32. The van der Waals surface area contributed by atoms with Crippen LogP contribution in [-0.2, 0) is 0 Å². The molecule has 0 saturated heterocycles. The molecule has 1 N–H and O–H groups in total. The fraction of sp³-hybridized carbons (Fsp3) is 0.308. The molecule has 0 unspecified atom stereocenters. The van der Waals surface area contributed by atoms with E-state index in [1.54, 1.807) is 25.4 Å². The minimum Gasteiger partial charge on any atom is -0.384 e. The Bertz CT molecular complexity index is 661. The molecule has 19 heavy (non-hydrogen) atoms. The first-order valence-corrected chi connectivity index (χ1v) is 6.51. The van der Waals surface area contributed by atoms with E-state index >= 15 is 0 Å². The number of hydrogen-bond acceptors (Lipinski definition) is 4. The largest absolute Gasteiger partial charge is 0.384 e. The van der Waals surface area contributed by atoms with Crippen molar-refractivity contribution in [1.82, 2.24) is 14.8 Å². The maximum absolute atomic E-state index is 12.2. The predicted molar refractivity (Wildman–Crippen MR) is 74.2 cm³/mol. The number of nitrogens with zero attached hydrogens (tertiary/aromatic N) is 3. The van der Waals surface area contributed by atoms with E-state index in [4.69, 9.17) is 11.6 Å². The third-order valence-electron chi connectivity index (χ3n) is 3.17. The predicted octanol–water partition coefficient (Wildman–Crippen LogP) is 2.20. The second kappa shape index (κ2) is 4.66. The van der Waals surface area contributed by atoms with Gasteiger partial charge < -0.3 is 5.32 Å². The summed E-state index contributed by atoms with van der Waals surface area (Å²) in [7, 11) is 1.68. The van der Waals surface area contributed by atoms with Gasteiger partial charge in [-0.05, 0) is 31.0 Å². The minimum absolute atomic E-state index is 0.194. The Balaban J connectivity index is 2.05. The summed E-state index contributed by atoms with van der Waals surface area (Å²) in [5, 5.41) is 11.6. The molecule has 1 aliphatic carbocycles. The zero-order valence-corrected chi connectivity index (χ0v) is 11.2. The van der Waals surface area contributed by atoms with Crippen molar-refractivity contribution in [2.75, 3.05) is 12.4 Å². The molecule has 0 spiro atoms. The second-order valence-electron chi connectivity index (χ2n) is 4.59. The van der Waals surface area contributed by atoms with Crippen LogP contribution in [0.2, 0.25) is 5.02 Å². The van der Waals surface area contributed by atoms with Crippen molar-refractivity contribution in [1.29, 1.82) is 0 Å². The van der Waals surface area contributed by atoms with E-state index in [0.29, 0.717) is 22.4 Å². The van der Waals surface area contributed by atoms with Gasteiger partial charge in [0.1, 0.15) is 5.69 Å². The topological polar surface area (TPSA) is 59.8 Å². The molecule has 2 aromatic rings. The van der Waals surface area contributed by atoms with Gasteiger partial charge in [-0.3, -0.25) is 9.36 Å². The standard InChI is InChI=1S/C13H13ClN4O/c1-15-11-6-9(14)7-18(13(11)19)12-5-4-10(16-17-12)8-2-3-8/h4-8,15H,2-3H2,1H3. The van der Waals surface area contributed by atoms with E-state index in [1.807, 2.05) is 6.07 Å². The van der Waals surface area contributed by atoms with E-state index in [9.17, 15) is 4.79 Å². The molecule has 6 heteroatoms. The number of aromatic nitrogens is 3. The highest BCUT2D eigenvalue weighted by atomic mass is 35.5. The second-order valence-corrected chi connectivity index (χ2v) is 5.02. The monoisotopic (exact) mass is 276 g/mol. The van der Waals surface area contributed by atoms with Crippen LogP contribution in [0, 0.1) is 0 Å². The van der Waals surface area contributed by atoms with Gasteiger partial charge in [-0.1, -0.05) is 11.6 Å². The molecular formula is C13H13ClN4O. The summed E-state index contributed by atoms with van der Waals surface area (Å²) in [5.41, 5.74) is 1.23. The van der Waals surface area contributed by atoms with Gasteiger partial charge in [0.25, 0.3) is 5.56 Å². The number of anilines is 1. The maximum Gasteiger partial charge on any atom is 0.279 e. The van der Waals surface area contributed by atoms with Crippen molar-refractivity contribution < 1.29 is 0 Å². The SMILES string of the molecule is CNc1cc(Cl)cn(-c2ccc(C3CC3)nn2)c1=O. The first-order chi connectivity index (χ1) is 9.19. The van der Waals surface area contributed by atoms with Crippen LogP contribution in [0.15, 0.2) is 29.2 Å². The Morgan fingerprint density at radius 2 is 2.16 bits per heavy atom. The van der Waals surface area contributed by atoms with Gasteiger partial charge in [0, 0.05) is 19.2 Å². The van der Waals surface area contributed by atoms with Gasteiger partial charge in [0.2, 0.25) is 0 Å². The van der Waals surface area contributed by atoms with E-state index in [-0.39, 0.29) is 5.56 Å². The van der Waals surface area contributed by atoms with Crippen LogP contribution in [0.3, 0.4) is 0 Å². The van der Waals surface area contributed by atoms with Crippen LogP contribution in [-0.4, -0.2) is 21.8 Å². The first-order valence-electron chi connectivity index (χ1n) is 6.13. The first kappa shape index (κ1) is 12.2. The summed E-state index contributed by atoms with van der Waals surface area (Å²) in [4.78, 5) is 12.2. The van der Waals surface area contributed by atoms with Gasteiger partial charge in [-0.25, -0.2) is 0 Å². The highest BCUT2D eigenvalue weighted by molar-refractivity contribution is 6.30. The average molecular weight is 277 g/mol. The summed E-state index contributed by atoms with van der Waals surface area (Å²) in [6.07, 6.45) is 3.90. The summed E-state index contributed by atoms with van der Waals surface area (Å²) in [6.45, 7) is 0. The molecule has 2 heterocycles. The van der Waals surface area contributed by atoms with E-state index < -0.39 is 0 Å². The number of pyridine rings is 1. The van der Waals surface area contributed by atoms with Gasteiger partial charge in [-0.15, -0.1) is 5.10 Å². The molecule has 0 radical (unpaired) electrons. The van der Waals surface area contributed by atoms with Crippen molar-refractivity contribution in [3.63, 3.8) is 0 Å². The Morgan fingerprint density at radius 1 is 1.37 bits per heavy atom. The summed E-state index contributed by atoms with van der Waals surface area (Å²) >= 11 is 5.99. The smallest absolute Gasteiger partial charge is 0.279 e. The lowest BCUT2D eigenvalue weighted by Crippen LogP contribution is -2.21. The molecule has 5 nitrogen and oxygen atoms in total. The average Bonchev–Trinajstić information content (AvgIpc) is 3.26. The van der Waals surface area contributed by atoms with Gasteiger partial charge in [0.15, 0.2) is 5.82 Å². The van der Waals surface area contributed by atoms with Crippen LogP contribution < -0.4 is 10.9 Å². The van der Waals surface area contributed by atoms with E-state index in [2.05, 4.69) is 15.5 Å². The molecule has 1 saturated carbocycles. The molecule has 0 aliphatic heterocycles. The number of nitrogens with one attached hydrogen (secondary N) is 1. The maximum atomic E-state index is 12.2. The molecule has 0 atom stereocenters. The van der Waals surface area contributed by atoms with E-state index in [1.165, 1.54) is 17.4 Å². The molecule has 1 fully saturated rings. The van der Waals surface area contributed by atoms with Crippen LogP contribution in [0.4, 0.5) is 5.69 Å².